The van der Waals surface area contributed by atoms with Crippen LogP contribution in [0.3, 0.4) is 0 Å². The predicted octanol–water partition coefficient (Wildman–Crippen LogP) is 5.99. The predicted molar refractivity (Wildman–Crippen MR) is 129 cm³/mol. The first-order valence-corrected chi connectivity index (χ1v) is 12.0. The zero-order chi connectivity index (χ0) is 22.0. The smallest absolute Gasteiger partial charge is 0.167 e. The average molecular weight is 498 g/mol. The Morgan fingerprint density at radius 1 is 1.10 bits per heavy atom. The van der Waals surface area contributed by atoms with Crippen LogP contribution >= 0.6 is 15.9 Å². The van der Waals surface area contributed by atoms with E-state index in [1.807, 2.05) is 81.4 Å². The van der Waals surface area contributed by atoms with E-state index in [1.54, 1.807) is 6.20 Å². The minimum absolute atomic E-state index is 0.228. The fourth-order valence-electron chi connectivity index (χ4n) is 3.37. The Bertz CT molecular complexity index is 1170. The van der Waals surface area contributed by atoms with Gasteiger partial charge in [-0.05, 0) is 62.7 Å². The second-order valence-corrected chi connectivity index (χ2v) is 11.2. The van der Waals surface area contributed by atoms with E-state index >= 15 is 0 Å². The van der Waals surface area contributed by atoms with Crippen molar-refractivity contribution in [1.29, 1.82) is 0 Å². The quantitative estimate of drug-likeness (QED) is 0.331. The molecule has 4 rings (SSSR count). The van der Waals surface area contributed by atoms with E-state index in [0.29, 0.717) is 6.42 Å². The summed E-state index contributed by atoms with van der Waals surface area (Å²) in [6.07, 6.45) is 2.37. The van der Waals surface area contributed by atoms with Crippen LogP contribution in [0.25, 0.3) is 22.2 Å². The monoisotopic (exact) mass is 497 g/mol. The Labute approximate surface area is 193 Å². The minimum atomic E-state index is -1.26. The van der Waals surface area contributed by atoms with Gasteiger partial charge >= 0.3 is 0 Å². The van der Waals surface area contributed by atoms with Gasteiger partial charge in [-0.15, -0.1) is 4.72 Å². The zero-order valence-corrected chi connectivity index (χ0v) is 20.0. The van der Waals surface area contributed by atoms with Crippen LogP contribution in [0.2, 0.25) is 0 Å². The van der Waals surface area contributed by atoms with E-state index < -0.39 is 16.1 Å². The molecule has 7 heteroatoms. The molecule has 0 aliphatic heterocycles. The zero-order valence-electron chi connectivity index (χ0n) is 17.6. The minimum Gasteiger partial charge on any atom is -0.598 e. The highest BCUT2D eigenvalue weighted by atomic mass is 79.9. The van der Waals surface area contributed by atoms with Crippen molar-refractivity contribution in [1.82, 2.24) is 14.9 Å². The molecule has 2 atom stereocenters. The van der Waals surface area contributed by atoms with E-state index in [0.717, 1.165) is 38.0 Å². The third-order valence-corrected chi connectivity index (χ3v) is 7.07. The lowest BCUT2D eigenvalue weighted by Crippen LogP contribution is -2.42. The number of pyridine rings is 1. The number of halogens is 1. The van der Waals surface area contributed by atoms with Gasteiger partial charge in [0.15, 0.2) is 5.58 Å². The summed E-state index contributed by atoms with van der Waals surface area (Å²) >= 11 is 2.33. The topological polar surface area (TPSA) is 74.0 Å². The van der Waals surface area contributed by atoms with Gasteiger partial charge in [-0.25, -0.2) is 0 Å². The lowest BCUT2D eigenvalue weighted by Gasteiger charge is -2.29. The van der Waals surface area contributed by atoms with Crippen molar-refractivity contribution < 1.29 is 9.08 Å². The second kappa shape index (κ2) is 9.12. The second-order valence-electron chi connectivity index (χ2n) is 8.34. The molecule has 1 N–H and O–H groups in total. The summed E-state index contributed by atoms with van der Waals surface area (Å²) in [7, 11) is 0. The van der Waals surface area contributed by atoms with E-state index in [4.69, 9.17) is 4.52 Å². The van der Waals surface area contributed by atoms with Crippen molar-refractivity contribution in [2.24, 2.45) is 0 Å². The number of hydrogen-bond donors (Lipinski definition) is 1. The molecular weight excluding hydrogens is 474 g/mol. The number of aromatic nitrogens is 2. The Kier molecular flexibility index (Phi) is 6.48. The van der Waals surface area contributed by atoms with Crippen LogP contribution in [0.1, 0.15) is 38.1 Å². The molecule has 1 unspecified atom stereocenters. The summed E-state index contributed by atoms with van der Waals surface area (Å²) in [5, 5.41) is 5.31. The van der Waals surface area contributed by atoms with Crippen LogP contribution in [0.15, 0.2) is 75.9 Å². The summed E-state index contributed by atoms with van der Waals surface area (Å²) in [5.41, 5.74) is 4.34. The Balaban J connectivity index is 1.82. The molecule has 0 radical (unpaired) electrons. The van der Waals surface area contributed by atoms with Gasteiger partial charge in [0.25, 0.3) is 0 Å². The van der Waals surface area contributed by atoms with Gasteiger partial charge in [0, 0.05) is 45.1 Å². The SMILES string of the molecule is CC(C)(C)[S@+]([O-])NC(Cc1ccccn1)c1ccc(Br)cc1-c1noc2ccccc12. The number of benzene rings is 2. The van der Waals surface area contributed by atoms with Gasteiger partial charge in [0.1, 0.15) is 10.4 Å². The van der Waals surface area contributed by atoms with Crippen LogP contribution in [0.5, 0.6) is 0 Å². The number of rotatable bonds is 6. The van der Waals surface area contributed by atoms with Crippen molar-refractivity contribution in [3.05, 3.63) is 82.6 Å². The number of nitrogens with zero attached hydrogens (tertiary/aromatic N) is 2. The van der Waals surface area contributed by atoms with Gasteiger partial charge in [-0.2, -0.15) is 0 Å². The highest BCUT2D eigenvalue weighted by Gasteiger charge is 2.31. The van der Waals surface area contributed by atoms with Crippen molar-refractivity contribution in [2.75, 3.05) is 0 Å². The summed E-state index contributed by atoms with van der Waals surface area (Å²) in [6, 6.07) is 19.5. The molecule has 0 saturated carbocycles. The average Bonchev–Trinajstić information content (AvgIpc) is 3.17. The van der Waals surface area contributed by atoms with Crippen LogP contribution in [0.4, 0.5) is 0 Å². The van der Waals surface area contributed by atoms with Crippen molar-refractivity contribution >= 4 is 38.3 Å². The van der Waals surface area contributed by atoms with Gasteiger partial charge in [0.2, 0.25) is 0 Å². The summed E-state index contributed by atoms with van der Waals surface area (Å²) in [6.45, 7) is 5.88. The van der Waals surface area contributed by atoms with E-state index in [1.165, 1.54) is 0 Å². The maximum atomic E-state index is 13.1. The van der Waals surface area contributed by atoms with Crippen molar-refractivity contribution in [3.8, 4) is 11.3 Å². The van der Waals surface area contributed by atoms with E-state index in [-0.39, 0.29) is 6.04 Å². The standard InChI is InChI=1S/C24H24BrN3O2S/c1-24(2,3)31(29)28-21(15-17-8-6-7-13-26-17)18-12-11-16(25)14-20(18)23-19-9-4-5-10-22(19)30-27-23/h4-14,21,28H,15H2,1-3H3/t21?,31-/m0/s1. The van der Waals surface area contributed by atoms with Crippen LogP contribution in [-0.4, -0.2) is 19.4 Å². The first-order chi connectivity index (χ1) is 14.8. The molecule has 2 aromatic heterocycles. The number of para-hydroxylation sites is 1. The molecule has 0 amide bonds. The van der Waals surface area contributed by atoms with Gasteiger partial charge in [-0.3, -0.25) is 4.98 Å². The van der Waals surface area contributed by atoms with Crippen LogP contribution in [-0.2, 0) is 17.8 Å². The summed E-state index contributed by atoms with van der Waals surface area (Å²) < 4.78 is 22.5. The molecule has 4 aromatic rings. The molecular formula is C24H24BrN3O2S. The first-order valence-electron chi connectivity index (χ1n) is 10.0. The molecule has 0 spiro atoms. The molecule has 2 heterocycles. The lowest BCUT2D eigenvalue weighted by molar-refractivity contribution is 0.459. The Morgan fingerprint density at radius 2 is 1.87 bits per heavy atom. The fraction of sp³-hybridized carbons (Fsp3) is 0.250. The number of hydrogen-bond acceptors (Lipinski definition) is 5. The summed E-state index contributed by atoms with van der Waals surface area (Å²) in [5.74, 6) is 0. The molecule has 0 aliphatic rings. The highest BCUT2D eigenvalue weighted by Crippen LogP contribution is 2.36. The lowest BCUT2D eigenvalue weighted by atomic mass is 9.94. The van der Waals surface area contributed by atoms with Crippen molar-refractivity contribution in [3.63, 3.8) is 0 Å². The molecule has 160 valence electrons. The molecule has 0 bridgehead atoms. The Hall–Kier alpha value is -2.19. The molecule has 0 fully saturated rings. The normalized spacial score (nSPS) is 14.0. The van der Waals surface area contributed by atoms with Crippen LogP contribution in [0, 0.1) is 0 Å². The van der Waals surface area contributed by atoms with Crippen molar-refractivity contribution in [2.45, 2.75) is 38.0 Å². The third kappa shape index (κ3) is 5.01. The summed E-state index contributed by atoms with van der Waals surface area (Å²) in [4.78, 5) is 4.49. The van der Waals surface area contributed by atoms with Gasteiger partial charge in [-0.1, -0.05) is 45.4 Å². The molecule has 0 aliphatic carbocycles. The number of nitrogens with one attached hydrogen (secondary N) is 1. The molecule has 0 saturated heterocycles. The largest absolute Gasteiger partial charge is 0.598 e. The first kappa shape index (κ1) is 22.0. The van der Waals surface area contributed by atoms with E-state index in [9.17, 15) is 4.55 Å². The Morgan fingerprint density at radius 3 is 2.61 bits per heavy atom. The van der Waals surface area contributed by atoms with Gasteiger partial charge < -0.3 is 9.08 Å². The maximum absolute atomic E-state index is 13.1. The van der Waals surface area contributed by atoms with Gasteiger partial charge in [0.05, 0.1) is 6.04 Å². The fourth-order valence-corrected chi connectivity index (χ4v) is 4.55. The highest BCUT2D eigenvalue weighted by molar-refractivity contribution is 9.10. The molecule has 2 aromatic carbocycles. The number of fused-ring (bicyclic) bond motifs is 1. The van der Waals surface area contributed by atoms with Crippen LogP contribution < -0.4 is 4.72 Å². The third-order valence-electron chi connectivity index (χ3n) is 4.97. The molecule has 31 heavy (non-hydrogen) atoms. The molecule has 5 nitrogen and oxygen atoms in total. The maximum Gasteiger partial charge on any atom is 0.167 e. The van der Waals surface area contributed by atoms with E-state index in [2.05, 4.69) is 30.8 Å².